The molecule has 2 aromatic rings. The number of aromatic nitrogens is 1. The maximum absolute atomic E-state index is 13.5. The van der Waals surface area contributed by atoms with Crippen molar-refractivity contribution in [3.05, 3.63) is 59.7 Å². The van der Waals surface area contributed by atoms with E-state index in [1.54, 1.807) is 6.20 Å². The predicted molar refractivity (Wildman–Crippen MR) is 77.2 cm³/mol. The van der Waals surface area contributed by atoms with Gasteiger partial charge in [0.2, 0.25) is 0 Å². The van der Waals surface area contributed by atoms with E-state index in [1.807, 2.05) is 31.2 Å². The minimum atomic E-state index is -0.295. The van der Waals surface area contributed by atoms with Gasteiger partial charge in [0, 0.05) is 30.4 Å². The second-order valence-electron chi connectivity index (χ2n) is 4.90. The van der Waals surface area contributed by atoms with Crippen molar-refractivity contribution in [2.45, 2.75) is 25.8 Å². The van der Waals surface area contributed by atoms with Crippen LogP contribution in [-0.2, 0) is 12.8 Å². The summed E-state index contributed by atoms with van der Waals surface area (Å²) in [5, 5.41) is 0. The summed E-state index contributed by atoms with van der Waals surface area (Å²) in [6.45, 7) is 2.37. The summed E-state index contributed by atoms with van der Waals surface area (Å²) in [6.07, 6.45) is 3.08. The third kappa shape index (κ3) is 4.63. The Balaban J connectivity index is 1.93. The minimum absolute atomic E-state index is 0.00170. The van der Waals surface area contributed by atoms with Crippen molar-refractivity contribution < 1.29 is 9.13 Å². The van der Waals surface area contributed by atoms with E-state index in [0.29, 0.717) is 25.2 Å². The molecule has 0 aliphatic rings. The topological polar surface area (TPSA) is 48.1 Å². The molecule has 1 atom stereocenters. The molecule has 0 aliphatic heterocycles. The van der Waals surface area contributed by atoms with Crippen LogP contribution in [0.3, 0.4) is 0 Å². The van der Waals surface area contributed by atoms with Crippen molar-refractivity contribution in [3.8, 4) is 5.75 Å². The molecule has 106 valence electrons. The van der Waals surface area contributed by atoms with Gasteiger partial charge in [-0.2, -0.15) is 0 Å². The van der Waals surface area contributed by atoms with Crippen LogP contribution in [-0.4, -0.2) is 17.6 Å². The Bertz CT molecular complexity index is 543. The third-order valence-corrected chi connectivity index (χ3v) is 2.84. The molecule has 0 saturated heterocycles. The van der Waals surface area contributed by atoms with E-state index in [2.05, 4.69) is 4.98 Å². The Morgan fingerprint density at radius 1 is 1.30 bits per heavy atom. The van der Waals surface area contributed by atoms with Crippen LogP contribution >= 0.6 is 0 Å². The lowest BCUT2D eigenvalue weighted by molar-refractivity contribution is 0.318. The van der Waals surface area contributed by atoms with Gasteiger partial charge in [0.1, 0.15) is 11.6 Å². The fourth-order valence-corrected chi connectivity index (χ4v) is 2.01. The van der Waals surface area contributed by atoms with Crippen molar-refractivity contribution >= 4 is 0 Å². The molecule has 2 N–H and O–H groups in total. The van der Waals surface area contributed by atoms with Crippen molar-refractivity contribution in [2.24, 2.45) is 5.73 Å². The van der Waals surface area contributed by atoms with Crippen LogP contribution in [0.15, 0.2) is 42.6 Å². The highest BCUT2D eigenvalue weighted by atomic mass is 19.1. The first-order valence-corrected chi connectivity index (χ1v) is 6.71. The van der Waals surface area contributed by atoms with E-state index in [0.717, 1.165) is 11.3 Å². The molecule has 0 radical (unpaired) electrons. The summed E-state index contributed by atoms with van der Waals surface area (Å²) in [7, 11) is 0. The summed E-state index contributed by atoms with van der Waals surface area (Å²) < 4.78 is 19.1. The minimum Gasteiger partial charge on any atom is -0.493 e. The summed E-state index contributed by atoms with van der Waals surface area (Å²) in [5.41, 5.74) is 7.54. The van der Waals surface area contributed by atoms with E-state index < -0.39 is 0 Å². The summed E-state index contributed by atoms with van der Waals surface area (Å²) in [6, 6.07) is 10.5. The molecule has 0 aliphatic carbocycles. The number of nitrogens with two attached hydrogens (primary N) is 1. The first-order valence-electron chi connectivity index (χ1n) is 6.71. The van der Waals surface area contributed by atoms with Crippen molar-refractivity contribution in [1.82, 2.24) is 4.98 Å². The van der Waals surface area contributed by atoms with Gasteiger partial charge in [-0.25, -0.2) is 4.39 Å². The van der Waals surface area contributed by atoms with Crippen molar-refractivity contribution in [3.63, 3.8) is 0 Å². The molecular weight excluding hydrogens is 255 g/mol. The number of ether oxygens (including phenoxy) is 1. The SMILES string of the molecule is CC(N)Cc1cc(F)cc(OCCc2ccccn2)c1. The zero-order valence-electron chi connectivity index (χ0n) is 11.6. The number of rotatable bonds is 6. The number of hydrogen-bond acceptors (Lipinski definition) is 3. The molecule has 3 nitrogen and oxygen atoms in total. The third-order valence-electron chi connectivity index (χ3n) is 2.84. The molecule has 1 aromatic carbocycles. The zero-order valence-corrected chi connectivity index (χ0v) is 11.6. The molecule has 1 aromatic heterocycles. The van der Waals surface area contributed by atoms with E-state index in [1.165, 1.54) is 12.1 Å². The quantitative estimate of drug-likeness (QED) is 0.881. The fourth-order valence-electron chi connectivity index (χ4n) is 2.01. The van der Waals surface area contributed by atoms with Gasteiger partial charge in [0.25, 0.3) is 0 Å². The van der Waals surface area contributed by atoms with Crippen molar-refractivity contribution in [2.75, 3.05) is 6.61 Å². The Kier molecular flexibility index (Phi) is 5.07. The second kappa shape index (κ2) is 7.01. The van der Waals surface area contributed by atoms with Crippen LogP contribution in [0.5, 0.6) is 5.75 Å². The van der Waals surface area contributed by atoms with Gasteiger partial charge in [-0.1, -0.05) is 6.07 Å². The van der Waals surface area contributed by atoms with Gasteiger partial charge in [0.05, 0.1) is 6.61 Å². The molecule has 0 saturated carbocycles. The number of hydrogen-bond donors (Lipinski definition) is 1. The smallest absolute Gasteiger partial charge is 0.127 e. The lowest BCUT2D eigenvalue weighted by Gasteiger charge is -2.10. The molecule has 4 heteroatoms. The summed E-state index contributed by atoms with van der Waals surface area (Å²) in [5.74, 6) is 0.243. The van der Waals surface area contributed by atoms with E-state index >= 15 is 0 Å². The average molecular weight is 274 g/mol. The Morgan fingerprint density at radius 3 is 2.85 bits per heavy atom. The van der Waals surface area contributed by atoms with Crippen LogP contribution in [0.2, 0.25) is 0 Å². The molecule has 0 fully saturated rings. The highest BCUT2D eigenvalue weighted by Gasteiger charge is 2.04. The predicted octanol–water partition coefficient (Wildman–Crippen LogP) is 2.73. The van der Waals surface area contributed by atoms with Crippen LogP contribution in [0, 0.1) is 5.82 Å². The van der Waals surface area contributed by atoms with Crippen LogP contribution in [0.4, 0.5) is 4.39 Å². The zero-order chi connectivity index (χ0) is 14.4. The van der Waals surface area contributed by atoms with Gasteiger partial charge in [-0.15, -0.1) is 0 Å². The lowest BCUT2D eigenvalue weighted by atomic mass is 10.1. The Labute approximate surface area is 118 Å². The molecule has 0 spiro atoms. The van der Waals surface area contributed by atoms with Crippen LogP contribution in [0.25, 0.3) is 0 Å². The molecule has 0 bridgehead atoms. The highest BCUT2D eigenvalue weighted by molar-refractivity contribution is 5.30. The van der Waals surface area contributed by atoms with Crippen LogP contribution in [0.1, 0.15) is 18.2 Å². The van der Waals surface area contributed by atoms with Gasteiger partial charge < -0.3 is 10.5 Å². The van der Waals surface area contributed by atoms with Gasteiger partial charge in [-0.05, 0) is 43.2 Å². The standard InChI is InChI=1S/C16H19FN2O/c1-12(18)8-13-9-14(17)11-16(10-13)20-7-5-15-4-2-3-6-19-15/h2-4,6,9-12H,5,7-8,18H2,1H3. The van der Waals surface area contributed by atoms with Gasteiger partial charge in [-0.3, -0.25) is 4.98 Å². The largest absolute Gasteiger partial charge is 0.493 e. The molecular formula is C16H19FN2O. The monoisotopic (exact) mass is 274 g/mol. The highest BCUT2D eigenvalue weighted by Crippen LogP contribution is 2.17. The first-order chi connectivity index (χ1) is 9.63. The average Bonchev–Trinajstić information content (AvgIpc) is 2.38. The molecule has 20 heavy (non-hydrogen) atoms. The summed E-state index contributed by atoms with van der Waals surface area (Å²) >= 11 is 0. The lowest BCUT2D eigenvalue weighted by Crippen LogP contribution is -2.17. The number of nitrogens with zero attached hydrogens (tertiary/aromatic N) is 1. The second-order valence-corrected chi connectivity index (χ2v) is 4.90. The van der Waals surface area contributed by atoms with Crippen LogP contribution < -0.4 is 10.5 Å². The summed E-state index contributed by atoms with van der Waals surface area (Å²) in [4.78, 5) is 4.21. The van der Waals surface area contributed by atoms with Crippen molar-refractivity contribution in [1.29, 1.82) is 0 Å². The normalized spacial score (nSPS) is 12.2. The Hall–Kier alpha value is -1.94. The van der Waals surface area contributed by atoms with Gasteiger partial charge in [0.15, 0.2) is 0 Å². The maximum atomic E-state index is 13.5. The Morgan fingerprint density at radius 2 is 2.15 bits per heavy atom. The number of pyridine rings is 1. The molecule has 2 rings (SSSR count). The van der Waals surface area contributed by atoms with E-state index in [-0.39, 0.29) is 11.9 Å². The molecule has 1 heterocycles. The number of benzene rings is 1. The fraction of sp³-hybridized carbons (Fsp3) is 0.312. The molecule has 1 unspecified atom stereocenters. The van der Waals surface area contributed by atoms with E-state index in [9.17, 15) is 4.39 Å². The van der Waals surface area contributed by atoms with E-state index in [4.69, 9.17) is 10.5 Å². The first kappa shape index (κ1) is 14.5. The molecule has 0 amide bonds. The van der Waals surface area contributed by atoms with Gasteiger partial charge >= 0.3 is 0 Å². The number of halogens is 1. The maximum Gasteiger partial charge on any atom is 0.127 e.